The Morgan fingerprint density at radius 1 is 1.04 bits per heavy atom. The summed E-state index contributed by atoms with van der Waals surface area (Å²) < 4.78 is 0. The van der Waals surface area contributed by atoms with Gasteiger partial charge in [0.05, 0.1) is 17.8 Å². The number of aliphatic hydroxyl groups is 1. The normalized spacial score (nSPS) is 20.3. The molecule has 0 radical (unpaired) electrons. The van der Waals surface area contributed by atoms with Crippen LogP contribution in [0.5, 0.6) is 0 Å². The van der Waals surface area contributed by atoms with Gasteiger partial charge in [-0.25, -0.2) is 0 Å². The first-order chi connectivity index (χ1) is 13.1. The summed E-state index contributed by atoms with van der Waals surface area (Å²) in [5, 5.41) is 13.2. The third-order valence-corrected chi connectivity index (χ3v) is 5.02. The van der Waals surface area contributed by atoms with Crippen LogP contribution in [0.25, 0.3) is 0 Å². The van der Waals surface area contributed by atoms with Gasteiger partial charge >= 0.3 is 0 Å². The summed E-state index contributed by atoms with van der Waals surface area (Å²) in [4.78, 5) is 41.1. The largest absolute Gasteiger partial charge is 0.378 e. The molecule has 0 saturated carbocycles. The molecular weight excluding hydrogens is 346 g/mol. The van der Waals surface area contributed by atoms with Gasteiger partial charge in [0.1, 0.15) is 6.04 Å². The number of carbonyl (C=O) groups is 3. The summed E-state index contributed by atoms with van der Waals surface area (Å²) in [6.07, 6.45) is -1.29. The Balaban J connectivity index is 1.56. The average Bonchev–Trinajstić information content (AvgIpc) is 2.82. The van der Waals surface area contributed by atoms with E-state index in [1.807, 2.05) is 0 Å². The van der Waals surface area contributed by atoms with Crippen molar-refractivity contribution in [3.63, 3.8) is 0 Å². The van der Waals surface area contributed by atoms with Gasteiger partial charge in [0, 0.05) is 13.1 Å². The van der Waals surface area contributed by atoms with Crippen LogP contribution in [0.3, 0.4) is 0 Å². The molecule has 7 heteroatoms. The molecule has 4 rings (SSSR count). The summed E-state index contributed by atoms with van der Waals surface area (Å²) in [5.74, 6) is -1.03. The summed E-state index contributed by atoms with van der Waals surface area (Å²) in [6.45, 7) is 0.549. The number of para-hydroxylation sites is 1. The zero-order valence-electron chi connectivity index (χ0n) is 14.5. The molecule has 0 aromatic heterocycles. The van der Waals surface area contributed by atoms with Gasteiger partial charge in [-0.15, -0.1) is 0 Å². The van der Waals surface area contributed by atoms with E-state index in [1.54, 1.807) is 54.6 Å². The van der Waals surface area contributed by atoms with Crippen LogP contribution < -0.4 is 5.32 Å². The van der Waals surface area contributed by atoms with Gasteiger partial charge in [-0.3, -0.25) is 14.4 Å². The monoisotopic (exact) mass is 365 g/mol. The summed E-state index contributed by atoms with van der Waals surface area (Å²) in [6, 6.07) is 14.7. The van der Waals surface area contributed by atoms with Crippen molar-refractivity contribution in [3.8, 4) is 0 Å². The molecule has 2 aliphatic rings. The van der Waals surface area contributed by atoms with Crippen LogP contribution in [0.4, 0.5) is 5.69 Å². The van der Waals surface area contributed by atoms with Crippen molar-refractivity contribution in [1.82, 2.24) is 9.80 Å². The van der Waals surface area contributed by atoms with Crippen LogP contribution in [0, 0.1) is 0 Å². The number of nitrogens with zero attached hydrogens (tertiary/aromatic N) is 2. The minimum absolute atomic E-state index is 0.0499. The lowest BCUT2D eigenvalue weighted by atomic mass is 10.1. The minimum atomic E-state index is -1.29. The molecule has 2 aromatic carbocycles. The molecule has 2 aliphatic heterocycles. The number of hydrogen-bond donors (Lipinski definition) is 2. The topological polar surface area (TPSA) is 90.0 Å². The average molecular weight is 365 g/mol. The molecule has 2 atom stereocenters. The first-order valence-corrected chi connectivity index (χ1v) is 8.79. The number of piperazine rings is 1. The lowest BCUT2D eigenvalue weighted by molar-refractivity contribution is -0.144. The first kappa shape index (κ1) is 17.2. The van der Waals surface area contributed by atoms with E-state index in [9.17, 15) is 19.5 Å². The van der Waals surface area contributed by atoms with Gasteiger partial charge in [-0.05, 0) is 17.7 Å². The van der Waals surface area contributed by atoms with E-state index in [0.717, 1.165) is 0 Å². The fourth-order valence-electron chi connectivity index (χ4n) is 3.55. The Labute approximate surface area is 156 Å². The molecule has 7 nitrogen and oxygen atoms in total. The van der Waals surface area contributed by atoms with Crippen LogP contribution in [0.1, 0.15) is 22.0 Å². The fourth-order valence-corrected chi connectivity index (χ4v) is 3.55. The standard InChI is InChI=1S/C20H19N3O4/c24-17(13-6-2-1-3-7-13)20(27)22-10-11-23-16(12-22)18(25)21-15-9-5-4-8-14(15)19(23)26/h1-9,16-17,24H,10-12H2,(H,21,25). The van der Waals surface area contributed by atoms with Crippen LogP contribution in [0.15, 0.2) is 54.6 Å². The third kappa shape index (κ3) is 3.06. The van der Waals surface area contributed by atoms with Crippen molar-refractivity contribution in [2.24, 2.45) is 0 Å². The van der Waals surface area contributed by atoms with Gasteiger partial charge in [-0.2, -0.15) is 0 Å². The molecule has 2 N–H and O–H groups in total. The second-order valence-corrected chi connectivity index (χ2v) is 6.65. The van der Waals surface area contributed by atoms with Crippen molar-refractivity contribution in [2.45, 2.75) is 12.1 Å². The van der Waals surface area contributed by atoms with Crippen molar-refractivity contribution in [3.05, 3.63) is 65.7 Å². The predicted octanol–water partition coefficient (Wildman–Crippen LogP) is 1.03. The Morgan fingerprint density at radius 2 is 1.74 bits per heavy atom. The number of hydrogen-bond acceptors (Lipinski definition) is 4. The Kier molecular flexibility index (Phi) is 4.37. The lowest BCUT2D eigenvalue weighted by Gasteiger charge is -2.40. The quantitative estimate of drug-likeness (QED) is 0.832. The molecule has 2 heterocycles. The molecule has 0 bridgehead atoms. The highest BCUT2D eigenvalue weighted by Crippen LogP contribution is 2.26. The highest BCUT2D eigenvalue weighted by atomic mass is 16.3. The van der Waals surface area contributed by atoms with E-state index in [-0.39, 0.29) is 31.4 Å². The Bertz CT molecular complexity index is 899. The Morgan fingerprint density at radius 3 is 2.52 bits per heavy atom. The van der Waals surface area contributed by atoms with Gasteiger partial charge in [-0.1, -0.05) is 42.5 Å². The second-order valence-electron chi connectivity index (χ2n) is 6.65. The van der Waals surface area contributed by atoms with Gasteiger partial charge in [0.2, 0.25) is 5.91 Å². The smallest absolute Gasteiger partial charge is 0.256 e. The maximum absolute atomic E-state index is 12.8. The fraction of sp³-hybridized carbons (Fsp3) is 0.250. The summed E-state index contributed by atoms with van der Waals surface area (Å²) in [7, 11) is 0. The number of rotatable bonds is 2. The Hall–Kier alpha value is -3.19. The number of benzene rings is 2. The second kappa shape index (κ2) is 6.85. The molecule has 27 heavy (non-hydrogen) atoms. The van der Waals surface area contributed by atoms with E-state index in [1.165, 1.54) is 9.80 Å². The maximum atomic E-state index is 12.8. The molecule has 1 saturated heterocycles. The lowest BCUT2D eigenvalue weighted by Crippen LogP contribution is -2.60. The first-order valence-electron chi connectivity index (χ1n) is 8.79. The highest BCUT2D eigenvalue weighted by Gasteiger charge is 2.41. The number of nitrogens with one attached hydrogen (secondary N) is 1. The zero-order chi connectivity index (χ0) is 19.0. The van der Waals surface area contributed by atoms with Gasteiger partial charge in [0.25, 0.3) is 11.8 Å². The molecule has 2 unspecified atom stereocenters. The van der Waals surface area contributed by atoms with Crippen molar-refractivity contribution >= 4 is 23.4 Å². The molecule has 138 valence electrons. The van der Waals surface area contributed by atoms with Crippen molar-refractivity contribution in [2.75, 3.05) is 25.0 Å². The van der Waals surface area contributed by atoms with Crippen LogP contribution >= 0.6 is 0 Å². The number of anilines is 1. The molecule has 3 amide bonds. The molecule has 0 spiro atoms. The predicted molar refractivity (Wildman–Crippen MR) is 97.9 cm³/mol. The van der Waals surface area contributed by atoms with Crippen LogP contribution in [-0.2, 0) is 9.59 Å². The van der Waals surface area contributed by atoms with Crippen molar-refractivity contribution < 1.29 is 19.5 Å². The van der Waals surface area contributed by atoms with Gasteiger partial charge < -0.3 is 20.2 Å². The third-order valence-electron chi connectivity index (χ3n) is 5.02. The van der Waals surface area contributed by atoms with Crippen LogP contribution in [0.2, 0.25) is 0 Å². The number of carbonyl (C=O) groups excluding carboxylic acids is 3. The molecular formula is C20H19N3O4. The van der Waals surface area contributed by atoms with Crippen molar-refractivity contribution in [1.29, 1.82) is 0 Å². The van der Waals surface area contributed by atoms with Gasteiger partial charge in [0.15, 0.2) is 6.10 Å². The highest BCUT2D eigenvalue weighted by molar-refractivity contribution is 6.10. The minimum Gasteiger partial charge on any atom is -0.378 e. The van der Waals surface area contributed by atoms with E-state index in [2.05, 4.69) is 5.32 Å². The molecule has 1 fully saturated rings. The van der Waals surface area contributed by atoms with Crippen LogP contribution in [-0.4, -0.2) is 58.3 Å². The SMILES string of the molecule is O=C1Nc2ccccc2C(=O)N2CCN(C(=O)C(O)c3ccccc3)CC12. The molecule has 0 aliphatic carbocycles. The number of aliphatic hydroxyl groups excluding tert-OH is 1. The summed E-state index contributed by atoms with van der Waals surface area (Å²) >= 11 is 0. The maximum Gasteiger partial charge on any atom is 0.256 e. The molecule has 2 aromatic rings. The van der Waals surface area contributed by atoms with E-state index in [4.69, 9.17) is 0 Å². The summed E-state index contributed by atoms with van der Waals surface area (Å²) in [5.41, 5.74) is 1.42. The van der Waals surface area contributed by atoms with E-state index < -0.39 is 18.1 Å². The zero-order valence-corrected chi connectivity index (χ0v) is 14.5. The number of fused-ring (bicyclic) bond motifs is 2. The number of amides is 3. The van der Waals surface area contributed by atoms with E-state index >= 15 is 0 Å². The van der Waals surface area contributed by atoms with E-state index in [0.29, 0.717) is 16.8 Å².